The van der Waals surface area contributed by atoms with Gasteiger partial charge >= 0.3 is 6.09 Å². The van der Waals surface area contributed by atoms with Crippen molar-refractivity contribution in [2.75, 3.05) is 52.6 Å². The third kappa shape index (κ3) is 11.3. The van der Waals surface area contributed by atoms with Crippen LogP contribution in [0.4, 0.5) is 4.79 Å². The summed E-state index contributed by atoms with van der Waals surface area (Å²) in [5.74, 6) is -2.85. The maximum Gasteiger partial charge on any atom is 0.407 e. The molecular weight excluding hydrogens is 525 g/mol. The van der Waals surface area contributed by atoms with Crippen LogP contribution >= 0.6 is 23.2 Å². The van der Waals surface area contributed by atoms with Crippen molar-refractivity contribution in [3.63, 3.8) is 0 Å². The maximum absolute atomic E-state index is 12.4. The number of carbonyl (C=O) groups excluding carboxylic acids is 4. The second-order valence-corrected chi connectivity index (χ2v) is 10.3. The number of amides is 3. The molecule has 1 aliphatic rings. The number of hydrogen-bond acceptors (Lipinski definition) is 7. The van der Waals surface area contributed by atoms with E-state index >= 15 is 0 Å². The Bertz CT molecular complexity index is 953. The molecule has 2 rings (SSSR count). The Kier molecular flexibility index (Phi) is 12.6. The quantitative estimate of drug-likeness (QED) is 0.204. The van der Waals surface area contributed by atoms with Crippen LogP contribution < -0.4 is 10.6 Å². The summed E-state index contributed by atoms with van der Waals surface area (Å²) in [7, 11) is 0. The molecule has 2 N–H and O–H groups in total. The van der Waals surface area contributed by atoms with Gasteiger partial charge in [0.1, 0.15) is 11.5 Å². The highest BCUT2D eigenvalue weighted by Gasteiger charge is 2.42. The lowest BCUT2D eigenvalue weighted by Crippen LogP contribution is -2.36. The fourth-order valence-corrected chi connectivity index (χ4v) is 3.77. The number of halogens is 2. The lowest BCUT2D eigenvalue weighted by Gasteiger charge is -2.19. The summed E-state index contributed by atoms with van der Waals surface area (Å²) in [5, 5.41) is 6.27. The van der Waals surface area contributed by atoms with Crippen molar-refractivity contribution in [3.05, 3.63) is 33.8 Å². The highest BCUT2D eigenvalue weighted by Crippen LogP contribution is 2.23. The zero-order valence-corrected chi connectivity index (χ0v) is 23.0. The van der Waals surface area contributed by atoms with E-state index in [4.69, 9.17) is 37.4 Å². The fraction of sp³-hybridized carbons (Fsp3) is 0.600. The molecule has 0 aromatic heterocycles. The van der Waals surface area contributed by atoms with Gasteiger partial charge in [0, 0.05) is 26.2 Å². The summed E-state index contributed by atoms with van der Waals surface area (Å²) in [6.07, 6.45) is 0.824. The first kappa shape index (κ1) is 30.8. The van der Waals surface area contributed by atoms with Gasteiger partial charge in [0.25, 0.3) is 5.91 Å². The highest BCUT2D eigenvalue weighted by molar-refractivity contribution is 6.42. The number of hydrogen-bond donors (Lipinski definition) is 2. The van der Waals surface area contributed by atoms with Crippen LogP contribution in [-0.2, 0) is 35.0 Å². The number of alkyl carbamates (subject to hydrolysis) is 1. The Labute approximate surface area is 227 Å². The van der Waals surface area contributed by atoms with Crippen LogP contribution in [0, 0.1) is 5.92 Å². The number of ether oxygens (including phenoxy) is 3. The summed E-state index contributed by atoms with van der Waals surface area (Å²) < 4.78 is 15.9. The summed E-state index contributed by atoms with van der Waals surface area (Å²) in [4.78, 5) is 49.8. The zero-order chi connectivity index (χ0) is 27.4. The molecule has 1 fully saturated rings. The summed E-state index contributed by atoms with van der Waals surface area (Å²) >= 11 is 11.9. The van der Waals surface area contributed by atoms with E-state index in [1.807, 2.05) is 6.07 Å². The highest BCUT2D eigenvalue weighted by atomic mass is 35.5. The largest absolute Gasteiger partial charge is 0.444 e. The number of ketones is 1. The number of benzene rings is 1. The van der Waals surface area contributed by atoms with Crippen LogP contribution in [0.25, 0.3) is 0 Å². The summed E-state index contributed by atoms with van der Waals surface area (Å²) in [6, 6.07) is 5.37. The second kappa shape index (κ2) is 15.1. The average molecular weight is 560 g/mol. The minimum atomic E-state index is -1.02. The van der Waals surface area contributed by atoms with E-state index in [2.05, 4.69) is 10.6 Å². The van der Waals surface area contributed by atoms with Gasteiger partial charge in [0.2, 0.25) is 11.7 Å². The van der Waals surface area contributed by atoms with Crippen molar-refractivity contribution in [1.29, 1.82) is 0 Å². The normalized spacial score (nSPS) is 15.7. The molecule has 37 heavy (non-hydrogen) atoms. The predicted octanol–water partition coefficient (Wildman–Crippen LogP) is 2.63. The predicted molar refractivity (Wildman–Crippen MR) is 139 cm³/mol. The number of Topliss-reactive ketones (excluding diaryl/α,β-unsaturated/α-hetero) is 1. The molecule has 0 aliphatic carbocycles. The Morgan fingerprint density at radius 2 is 1.70 bits per heavy atom. The van der Waals surface area contributed by atoms with Gasteiger partial charge in [-0.1, -0.05) is 29.3 Å². The molecular formula is C25H35Cl2N3O7. The molecule has 0 spiro atoms. The van der Waals surface area contributed by atoms with Crippen molar-refractivity contribution < 1.29 is 33.4 Å². The van der Waals surface area contributed by atoms with Gasteiger partial charge in [0.15, 0.2) is 0 Å². The van der Waals surface area contributed by atoms with E-state index in [9.17, 15) is 19.2 Å². The van der Waals surface area contributed by atoms with Crippen LogP contribution in [0.1, 0.15) is 32.8 Å². The number of likely N-dealkylation sites (tertiary alicyclic amines) is 1. The Morgan fingerprint density at radius 3 is 2.38 bits per heavy atom. The topological polar surface area (TPSA) is 123 Å². The van der Waals surface area contributed by atoms with Crippen LogP contribution in [0.5, 0.6) is 0 Å². The van der Waals surface area contributed by atoms with Crippen LogP contribution in [0.15, 0.2) is 18.2 Å². The average Bonchev–Trinajstić information content (AvgIpc) is 3.10. The van der Waals surface area contributed by atoms with E-state index in [1.165, 1.54) is 4.90 Å². The van der Waals surface area contributed by atoms with Crippen molar-refractivity contribution >= 4 is 46.9 Å². The molecule has 1 saturated heterocycles. The van der Waals surface area contributed by atoms with E-state index in [-0.39, 0.29) is 26.3 Å². The van der Waals surface area contributed by atoms with E-state index in [0.29, 0.717) is 49.2 Å². The van der Waals surface area contributed by atoms with Gasteiger partial charge in [-0.2, -0.15) is 0 Å². The lowest BCUT2D eigenvalue weighted by atomic mass is 10.1. The minimum absolute atomic E-state index is 0.0342. The van der Waals surface area contributed by atoms with E-state index in [1.54, 1.807) is 32.9 Å². The maximum atomic E-state index is 12.4. The molecule has 0 radical (unpaired) electrons. The van der Waals surface area contributed by atoms with E-state index < -0.39 is 35.2 Å². The summed E-state index contributed by atoms with van der Waals surface area (Å²) in [5.41, 5.74) is 0.433. The molecule has 1 aliphatic heterocycles. The van der Waals surface area contributed by atoms with Crippen LogP contribution in [-0.4, -0.2) is 86.8 Å². The Hall–Kier alpha value is -2.40. The molecule has 1 heterocycles. The lowest BCUT2D eigenvalue weighted by molar-refractivity contribution is -0.142. The van der Waals surface area contributed by atoms with Gasteiger partial charge < -0.3 is 29.7 Å². The minimum Gasteiger partial charge on any atom is -0.444 e. The third-order valence-electron chi connectivity index (χ3n) is 5.25. The van der Waals surface area contributed by atoms with Crippen molar-refractivity contribution in [1.82, 2.24) is 15.5 Å². The molecule has 12 heteroatoms. The number of aryl methyl sites for hydroxylation is 1. The SMILES string of the molecule is CC(C)(C)OC(=O)NCCOCCOCCN1CC(C(=O)NCCCc2ccc(Cl)c(Cl)c2)C(=O)C1=O. The van der Waals surface area contributed by atoms with Gasteiger partial charge in [-0.25, -0.2) is 4.79 Å². The van der Waals surface area contributed by atoms with E-state index in [0.717, 1.165) is 5.56 Å². The molecule has 1 unspecified atom stereocenters. The van der Waals surface area contributed by atoms with Gasteiger partial charge in [-0.15, -0.1) is 0 Å². The third-order valence-corrected chi connectivity index (χ3v) is 5.99. The van der Waals surface area contributed by atoms with Gasteiger partial charge in [-0.3, -0.25) is 14.4 Å². The first-order chi connectivity index (χ1) is 17.5. The number of nitrogens with one attached hydrogen (secondary N) is 2. The molecule has 0 saturated carbocycles. The van der Waals surface area contributed by atoms with Crippen molar-refractivity contribution in [2.24, 2.45) is 5.92 Å². The molecule has 1 aromatic rings. The van der Waals surface area contributed by atoms with Crippen LogP contribution in [0.2, 0.25) is 10.0 Å². The second-order valence-electron chi connectivity index (χ2n) is 9.46. The molecule has 0 bridgehead atoms. The number of rotatable bonds is 14. The molecule has 1 aromatic carbocycles. The Morgan fingerprint density at radius 1 is 1.00 bits per heavy atom. The van der Waals surface area contributed by atoms with Crippen molar-refractivity contribution in [2.45, 2.75) is 39.2 Å². The van der Waals surface area contributed by atoms with Crippen LogP contribution in [0.3, 0.4) is 0 Å². The number of nitrogens with zero attached hydrogens (tertiary/aromatic N) is 1. The summed E-state index contributed by atoms with van der Waals surface area (Å²) in [6.45, 7) is 7.34. The fourth-order valence-electron chi connectivity index (χ4n) is 3.44. The zero-order valence-electron chi connectivity index (χ0n) is 21.4. The van der Waals surface area contributed by atoms with Crippen molar-refractivity contribution in [3.8, 4) is 0 Å². The molecule has 206 valence electrons. The van der Waals surface area contributed by atoms with Gasteiger partial charge in [0.05, 0.1) is 36.5 Å². The smallest absolute Gasteiger partial charge is 0.407 e. The number of carbonyl (C=O) groups is 4. The van der Waals surface area contributed by atoms with Gasteiger partial charge in [-0.05, 0) is 51.3 Å². The Balaban J connectivity index is 1.55. The standard InChI is InChI=1S/C25H35Cl2N3O7/c1-25(2,3)37-24(34)29-9-11-35-13-14-36-12-10-30-16-18(21(31)23(30)33)22(32)28-8-4-5-17-6-7-19(26)20(27)15-17/h6-7,15,18H,4-5,8-14,16H2,1-3H3,(H,28,32)(H,29,34). The first-order valence-electron chi connectivity index (χ1n) is 12.1. The molecule has 3 amide bonds. The molecule has 10 nitrogen and oxygen atoms in total. The monoisotopic (exact) mass is 559 g/mol. The molecule has 1 atom stereocenters. The first-order valence-corrected chi connectivity index (χ1v) is 12.9.